The van der Waals surface area contributed by atoms with Crippen molar-refractivity contribution in [3.8, 4) is 11.3 Å². The molecule has 1 aliphatic heterocycles. The van der Waals surface area contributed by atoms with E-state index in [1.807, 2.05) is 54.3 Å². The van der Waals surface area contributed by atoms with Crippen LogP contribution in [0.1, 0.15) is 40.5 Å². The van der Waals surface area contributed by atoms with Crippen LogP contribution < -0.4 is 4.90 Å². The summed E-state index contributed by atoms with van der Waals surface area (Å²) in [5, 5.41) is 9.34. The molecule has 1 saturated heterocycles. The van der Waals surface area contributed by atoms with Crippen LogP contribution >= 0.6 is 0 Å². The van der Waals surface area contributed by atoms with Crippen molar-refractivity contribution in [3.63, 3.8) is 0 Å². The summed E-state index contributed by atoms with van der Waals surface area (Å²) in [5.74, 6) is 1.90. The topological polar surface area (TPSA) is 106 Å². The highest BCUT2D eigenvalue weighted by atomic mass is 16.5. The zero-order valence-corrected chi connectivity index (χ0v) is 19.8. The molecule has 0 bridgehead atoms. The molecule has 4 aromatic heterocycles. The Balaban J connectivity index is 1.22. The van der Waals surface area contributed by atoms with Crippen LogP contribution in [0.3, 0.4) is 0 Å². The van der Waals surface area contributed by atoms with Crippen molar-refractivity contribution in [2.24, 2.45) is 0 Å². The quantitative estimate of drug-likeness (QED) is 0.385. The Morgan fingerprint density at radius 1 is 1.03 bits per heavy atom. The summed E-state index contributed by atoms with van der Waals surface area (Å²) < 4.78 is 7.41. The van der Waals surface area contributed by atoms with E-state index in [0.29, 0.717) is 60.2 Å². The van der Waals surface area contributed by atoms with Crippen molar-refractivity contribution >= 4 is 28.6 Å². The molecular formula is C26H24N8O2. The number of rotatable bonds is 4. The van der Waals surface area contributed by atoms with Gasteiger partial charge in [-0.15, -0.1) is 0 Å². The largest absolute Gasteiger partial charge is 0.353 e. The normalized spacial score (nSPS) is 16.2. The lowest BCUT2D eigenvalue weighted by molar-refractivity contribution is 0.0748. The van der Waals surface area contributed by atoms with Crippen LogP contribution in [0.5, 0.6) is 0 Å². The van der Waals surface area contributed by atoms with Gasteiger partial charge in [0.2, 0.25) is 0 Å². The van der Waals surface area contributed by atoms with Crippen LogP contribution in [0, 0.1) is 6.92 Å². The molecule has 0 N–H and O–H groups in total. The van der Waals surface area contributed by atoms with Gasteiger partial charge in [-0.25, -0.2) is 9.97 Å². The lowest BCUT2D eigenvalue weighted by atomic mass is 10.0. The number of hydrogen-bond acceptors (Lipinski definition) is 8. The van der Waals surface area contributed by atoms with Crippen LogP contribution in [-0.2, 0) is 0 Å². The first-order chi connectivity index (χ1) is 17.7. The van der Waals surface area contributed by atoms with Crippen LogP contribution in [0.2, 0.25) is 0 Å². The smallest absolute Gasteiger partial charge is 0.259 e. The minimum Gasteiger partial charge on any atom is -0.353 e. The molecule has 1 amide bonds. The first-order valence-electron chi connectivity index (χ1n) is 12.2. The number of aryl methyl sites for hydroxylation is 1. The second-order valence-corrected chi connectivity index (χ2v) is 9.45. The van der Waals surface area contributed by atoms with Gasteiger partial charge in [0, 0.05) is 55.1 Å². The highest BCUT2D eigenvalue weighted by Crippen LogP contribution is 2.41. The highest BCUT2D eigenvalue weighted by Gasteiger charge is 2.32. The summed E-state index contributed by atoms with van der Waals surface area (Å²) in [6.07, 6.45) is 3.69. The maximum Gasteiger partial charge on any atom is 0.259 e. The standard InChI is InChI=1S/C26H24N8O2/c1-16-13-21(34-26(29-16)27-15-28-34)32-9-11-33(12-10-32)25(35)19-14-20(17-7-8-17)30-24-22(19)23(31-36-24)18-5-3-2-4-6-18/h2-6,13-15,17H,7-12H2,1H3. The summed E-state index contributed by atoms with van der Waals surface area (Å²) in [4.78, 5) is 31.5. The maximum absolute atomic E-state index is 13.9. The fourth-order valence-electron chi connectivity index (χ4n) is 4.97. The molecule has 180 valence electrons. The minimum absolute atomic E-state index is 0.0128. The molecule has 1 aromatic carbocycles. The summed E-state index contributed by atoms with van der Waals surface area (Å²) in [5.41, 5.74) is 4.41. The first-order valence-corrected chi connectivity index (χ1v) is 12.2. The molecule has 0 spiro atoms. The SMILES string of the molecule is Cc1cc(N2CCN(C(=O)c3cc(C4CC4)nc4onc(-c5ccccc5)c34)CC2)n2ncnc2n1. The average molecular weight is 481 g/mol. The fourth-order valence-corrected chi connectivity index (χ4v) is 4.97. The number of carbonyl (C=O) groups excluding carboxylic acids is 1. The number of carbonyl (C=O) groups is 1. The number of pyridine rings is 1. The molecule has 36 heavy (non-hydrogen) atoms. The van der Waals surface area contributed by atoms with Gasteiger partial charge in [0.05, 0.1) is 10.9 Å². The molecule has 0 radical (unpaired) electrons. The predicted molar refractivity (Wildman–Crippen MR) is 133 cm³/mol. The molecule has 5 aromatic rings. The number of aromatic nitrogens is 6. The third-order valence-electron chi connectivity index (χ3n) is 6.99. The summed E-state index contributed by atoms with van der Waals surface area (Å²) in [7, 11) is 0. The molecule has 5 heterocycles. The summed E-state index contributed by atoms with van der Waals surface area (Å²) >= 11 is 0. The second-order valence-electron chi connectivity index (χ2n) is 9.45. The summed E-state index contributed by atoms with van der Waals surface area (Å²) in [6, 6.07) is 13.8. The van der Waals surface area contributed by atoms with Gasteiger partial charge >= 0.3 is 0 Å². The highest BCUT2D eigenvalue weighted by molar-refractivity contribution is 6.09. The number of benzene rings is 1. The van der Waals surface area contributed by atoms with E-state index in [0.717, 1.165) is 35.6 Å². The number of hydrogen-bond donors (Lipinski definition) is 0. The number of amides is 1. The van der Waals surface area contributed by atoms with Gasteiger partial charge in [-0.2, -0.15) is 14.6 Å². The fraction of sp³-hybridized carbons (Fsp3) is 0.308. The van der Waals surface area contributed by atoms with Crippen LogP contribution in [0.4, 0.5) is 5.82 Å². The van der Waals surface area contributed by atoms with Crippen LogP contribution in [0.15, 0.2) is 53.3 Å². The van der Waals surface area contributed by atoms with E-state index in [1.54, 1.807) is 4.52 Å². The monoisotopic (exact) mass is 480 g/mol. The van der Waals surface area contributed by atoms with Crippen molar-refractivity contribution in [1.82, 2.24) is 34.6 Å². The first kappa shape index (κ1) is 21.0. The average Bonchev–Trinajstić information content (AvgIpc) is 3.51. The molecule has 7 rings (SSSR count). The molecule has 10 heteroatoms. The number of piperazine rings is 1. The lowest BCUT2D eigenvalue weighted by Crippen LogP contribution is -2.49. The Bertz CT molecular complexity index is 1600. The molecule has 0 unspecified atom stereocenters. The van der Waals surface area contributed by atoms with Crippen LogP contribution in [0.25, 0.3) is 28.1 Å². The second kappa shape index (κ2) is 8.11. The Morgan fingerprint density at radius 2 is 1.83 bits per heavy atom. The molecule has 1 aliphatic carbocycles. The van der Waals surface area contributed by atoms with Gasteiger partial charge in [0.25, 0.3) is 17.4 Å². The Morgan fingerprint density at radius 3 is 2.61 bits per heavy atom. The van der Waals surface area contributed by atoms with Gasteiger partial charge in [-0.1, -0.05) is 35.5 Å². The Labute approximate surface area is 206 Å². The van der Waals surface area contributed by atoms with Crippen molar-refractivity contribution < 1.29 is 9.32 Å². The van der Waals surface area contributed by atoms with Crippen molar-refractivity contribution in [2.45, 2.75) is 25.7 Å². The summed E-state index contributed by atoms with van der Waals surface area (Å²) in [6.45, 7) is 4.50. The van der Waals surface area contributed by atoms with E-state index < -0.39 is 0 Å². The third kappa shape index (κ3) is 3.48. The van der Waals surface area contributed by atoms with Crippen LogP contribution in [-0.4, -0.2) is 66.7 Å². The molecule has 1 saturated carbocycles. The zero-order valence-electron chi connectivity index (χ0n) is 19.8. The number of anilines is 1. The van der Waals surface area contributed by atoms with Crippen molar-refractivity contribution in [1.29, 1.82) is 0 Å². The third-order valence-corrected chi connectivity index (χ3v) is 6.99. The van der Waals surface area contributed by atoms with Gasteiger partial charge in [-0.05, 0) is 25.8 Å². The predicted octanol–water partition coefficient (Wildman–Crippen LogP) is 3.48. The van der Waals surface area contributed by atoms with E-state index >= 15 is 0 Å². The maximum atomic E-state index is 13.9. The number of nitrogens with zero attached hydrogens (tertiary/aromatic N) is 8. The molecule has 2 fully saturated rings. The van der Waals surface area contributed by atoms with Gasteiger partial charge in [0.15, 0.2) is 0 Å². The van der Waals surface area contributed by atoms with E-state index in [2.05, 4.69) is 25.1 Å². The molecule has 0 atom stereocenters. The van der Waals surface area contributed by atoms with Gasteiger partial charge < -0.3 is 14.3 Å². The molecule has 2 aliphatic rings. The zero-order chi connectivity index (χ0) is 24.2. The van der Waals surface area contributed by atoms with Gasteiger partial charge in [0.1, 0.15) is 17.8 Å². The Hall–Kier alpha value is -4.34. The number of fused-ring (bicyclic) bond motifs is 2. The van der Waals surface area contributed by atoms with Crippen molar-refractivity contribution in [2.75, 3.05) is 31.1 Å². The van der Waals surface area contributed by atoms with E-state index in [-0.39, 0.29) is 5.91 Å². The Kier molecular flexibility index (Phi) is 4.73. The van der Waals surface area contributed by atoms with E-state index in [1.165, 1.54) is 6.33 Å². The van der Waals surface area contributed by atoms with E-state index in [4.69, 9.17) is 9.51 Å². The lowest BCUT2D eigenvalue weighted by Gasteiger charge is -2.36. The van der Waals surface area contributed by atoms with Gasteiger partial charge in [-0.3, -0.25) is 4.79 Å². The van der Waals surface area contributed by atoms with Crippen molar-refractivity contribution in [3.05, 3.63) is 65.7 Å². The molecular weight excluding hydrogens is 456 g/mol. The molecule has 10 nitrogen and oxygen atoms in total. The van der Waals surface area contributed by atoms with E-state index in [9.17, 15) is 4.79 Å². The minimum atomic E-state index is -0.0128.